The molecule has 0 radical (unpaired) electrons. The summed E-state index contributed by atoms with van der Waals surface area (Å²) in [5.74, 6) is 2.04. The summed E-state index contributed by atoms with van der Waals surface area (Å²) in [6, 6.07) is 19.6. The summed E-state index contributed by atoms with van der Waals surface area (Å²) in [4.78, 5) is 27.8. The second-order valence-corrected chi connectivity index (χ2v) is 9.54. The molecule has 3 aromatic rings. The molecule has 1 aromatic heterocycles. The number of benzene rings is 2. The van der Waals surface area contributed by atoms with Crippen LogP contribution >= 0.6 is 23.5 Å². The first kappa shape index (κ1) is 21.6. The van der Waals surface area contributed by atoms with E-state index in [9.17, 15) is 9.59 Å². The lowest BCUT2D eigenvalue weighted by Crippen LogP contribution is -2.28. The van der Waals surface area contributed by atoms with E-state index in [4.69, 9.17) is 4.42 Å². The summed E-state index contributed by atoms with van der Waals surface area (Å²) in [5.41, 5.74) is 2.87. The third-order valence-corrected chi connectivity index (χ3v) is 7.28. The lowest BCUT2D eigenvalue weighted by Gasteiger charge is -2.23. The van der Waals surface area contributed by atoms with Gasteiger partial charge in [-0.2, -0.15) is 0 Å². The van der Waals surface area contributed by atoms with Crippen LogP contribution in [0.2, 0.25) is 0 Å². The van der Waals surface area contributed by atoms with E-state index in [2.05, 4.69) is 36.5 Å². The number of hydrogen-bond acceptors (Lipinski definition) is 5. The number of aryl methyl sites for hydroxylation is 1. The number of furan rings is 1. The van der Waals surface area contributed by atoms with Crippen LogP contribution in [0.15, 0.2) is 76.2 Å². The molecular formula is C24H24N2O3S2. The van der Waals surface area contributed by atoms with Gasteiger partial charge < -0.3 is 14.6 Å². The predicted octanol–water partition coefficient (Wildman–Crippen LogP) is 4.88. The van der Waals surface area contributed by atoms with E-state index in [1.807, 2.05) is 41.3 Å². The molecule has 0 spiro atoms. The highest BCUT2D eigenvalue weighted by atomic mass is 32.2. The molecule has 1 aliphatic heterocycles. The molecule has 31 heavy (non-hydrogen) atoms. The van der Waals surface area contributed by atoms with Gasteiger partial charge in [0.25, 0.3) is 5.91 Å². The summed E-state index contributed by atoms with van der Waals surface area (Å²) < 4.78 is 5.40. The number of carbonyl (C=O) groups is 2. The van der Waals surface area contributed by atoms with Crippen molar-refractivity contribution in [3.05, 3.63) is 89.4 Å². The van der Waals surface area contributed by atoms with E-state index in [0.717, 1.165) is 17.1 Å². The van der Waals surface area contributed by atoms with Crippen molar-refractivity contribution in [2.75, 3.05) is 18.1 Å². The van der Waals surface area contributed by atoms with Gasteiger partial charge in [0.1, 0.15) is 11.1 Å². The second-order valence-electron chi connectivity index (χ2n) is 7.30. The molecule has 7 heteroatoms. The maximum Gasteiger partial charge on any atom is 0.251 e. The maximum absolute atomic E-state index is 12.5. The van der Waals surface area contributed by atoms with Gasteiger partial charge in [-0.05, 0) is 48.9 Å². The number of thioether (sulfide) groups is 2. The highest BCUT2D eigenvalue weighted by Gasteiger charge is 2.33. The molecule has 2 amide bonds. The summed E-state index contributed by atoms with van der Waals surface area (Å²) in [7, 11) is 0. The first-order chi connectivity index (χ1) is 15.1. The largest absolute Gasteiger partial charge is 0.467 e. The summed E-state index contributed by atoms with van der Waals surface area (Å²) in [6.07, 6.45) is 1.62. The Balaban J connectivity index is 1.30. The Morgan fingerprint density at radius 3 is 2.65 bits per heavy atom. The van der Waals surface area contributed by atoms with Gasteiger partial charge in [-0.25, -0.2) is 0 Å². The molecule has 0 saturated carbocycles. The molecule has 1 fully saturated rings. The van der Waals surface area contributed by atoms with Gasteiger partial charge in [0.05, 0.1) is 18.6 Å². The minimum atomic E-state index is -0.0846. The third kappa shape index (κ3) is 5.54. The third-order valence-electron chi connectivity index (χ3n) is 5.01. The molecule has 1 aliphatic rings. The molecular weight excluding hydrogens is 428 g/mol. The smallest absolute Gasteiger partial charge is 0.251 e. The van der Waals surface area contributed by atoms with Crippen LogP contribution < -0.4 is 5.32 Å². The lowest BCUT2D eigenvalue weighted by atomic mass is 10.1. The number of amides is 2. The van der Waals surface area contributed by atoms with Crippen LogP contribution in [0.3, 0.4) is 0 Å². The average molecular weight is 453 g/mol. The van der Waals surface area contributed by atoms with Crippen molar-refractivity contribution in [1.82, 2.24) is 10.2 Å². The van der Waals surface area contributed by atoms with Crippen molar-refractivity contribution in [1.29, 1.82) is 0 Å². The monoisotopic (exact) mass is 452 g/mol. The van der Waals surface area contributed by atoms with Crippen LogP contribution in [0.1, 0.15) is 32.6 Å². The zero-order valence-electron chi connectivity index (χ0n) is 17.2. The van der Waals surface area contributed by atoms with Crippen LogP contribution in [0.5, 0.6) is 0 Å². The Kier molecular flexibility index (Phi) is 7.04. The van der Waals surface area contributed by atoms with Crippen molar-refractivity contribution in [2.45, 2.75) is 23.7 Å². The molecule has 5 nitrogen and oxygen atoms in total. The number of hydrogen-bond donors (Lipinski definition) is 1. The van der Waals surface area contributed by atoms with E-state index in [-0.39, 0.29) is 17.2 Å². The van der Waals surface area contributed by atoms with E-state index in [1.165, 1.54) is 10.5 Å². The van der Waals surface area contributed by atoms with Crippen molar-refractivity contribution in [3.63, 3.8) is 0 Å². The van der Waals surface area contributed by atoms with Gasteiger partial charge in [-0.15, -0.1) is 23.5 Å². The molecule has 160 valence electrons. The number of rotatable bonds is 8. The average Bonchev–Trinajstić information content (AvgIpc) is 3.43. The van der Waals surface area contributed by atoms with Crippen molar-refractivity contribution >= 4 is 35.3 Å². The fraction of sp³-hybridized carbons (Fsp3) is 0.250. The molecule has 0 bridgehead atoms. The van der Waals surface area contributed by atoms with Gasteiger partial charge >= 0.3 is 0 Å². The molecule has 2 aromatic carbocycles. The van der Waals surface area contributed by atoms with Gasteiger partial charge in [0, 0.05) is 22.8 Å². The lowest BCUT2D eigenvalue weighted by molar-refractivity contribution is -0.128. The number of carbonyl (C=O) groups excluding carboxylic acids is 2. The van der Waals surface area contributed by atoms with Crippen molar-refractivity contribution in [2.24, 2.45) is 0 Å². The van der Waals surface area contributed by atoms with Gasteiger partial charge in [-0.1, -0.05) is 29.8 Å². The topological polar surface area (TPSA) is 62.6 Å². The first-order valence-corrected chi connectivity index (χ1v) is 12.1. The van der Waals surface area contributed by atoms with Crippen LogP contribution in [0.4, 0.5) is 0 Å². The quantitative estimate of drug-likeness (QED) is 0.390. The van der Waals surface area contributed by atoms with Crippen LogP contribution in [0.25, 0.3) is 0 Å². The van der Waals surface area contributed by atoms with E-state index in [1.54, 1.807) is 29.8 Å². The first-order valence-electron chi connectivity index (χ1n) is 10.1. The van der Waals surface area contributed by atoms with Crippen LogP contribution in [-0.4, -0.2) is 34.8 Å². The Morgan fingerprint density at radius 1 is 1.16 bits per heavy atom. The minimum Gasteiger partial charge on any atom is -0.467 e. The zero-order chi connectivity index (χ0) is 21.6. The number of nitrogens with one attached hydrogen (secondary N) is 1. The maximum atomic E-state index is 12.5. The highest BCUT2D eigenvalue weighted by molar-refractivity contribution is 8.00. The van der Waals surface area contributed by atoms with Crippen LogP contribution in [-0.2, 0) is 11.3 Å². The van der Waals surface area contributed by atoms with Crippen molar-refractivity contribution < 1.29 is 14.0 Å². The summed E-state index contributed by atoms with van der Waals surface area (Å²) in [5, 5.41) is 2.90. The fourth-order valence-electron chi connectivity index (χ4n) is 3.34. The van der Waals surface area contributed by atoms with Gasteiger partial charge in [0.2, 0.25) is 5.91 Å². The van der Waals surface area contributed by atoms with Crippen molar-refractivity contribution in [3.8, 4) is 0 Å². The Morgan fingerprint density at radius 2 is 1.94 bits per heavy atom. The van der Waals surface area contributed by atoms with Gasteiger partial charge in [0.15, 0.2) is 0 Å². The standard InChI is InChI=1S/C24H24N2O3S2/c1-17-4-10-21(11-5-17)30-14-12-25-23(28)18-6-8-19(9-7-18)24-26(22(27)16-31-24)15-20-3-2-13-29-20/h2-11,13,24H,12,14-16H2,1H3,(H,25,28)/t24-/m1/s1. The Labute approximate surface area is 190 Å². The fourth-order valence-corrected chi connectivity index (χ4v) is 5.30. The van der Waals surface area contributed by atoms with E-state index < -0.39 is 0 Å². The van der Waals surface area contributed by atoms with Crippen LogP contribution in [0, 0.1) is 6.92 Å². The predicted molar refractivity (Wildman–Crippen MR) is 125 cm³/mol. The normalized spacial score (nSPS) is 16.0. The molecule has 0 aliphatic carbocycles. The van der Waals surface area contributed by atoms with E-state index >= 15 is 0 Å². The Hall–Kier alpha value is -2.64. The minimum absolute atomic E-state index is 0.0689. The molecule has 1 saturated heterocycles. The molecule has 1 atom stereocenters. The SMILES string of the molecule is Cc1ccc(SCCNC(=O)c2ccc([C@H]3SCC(=O)N3Cc3ccco3)cc2)cc1. The molecule has 0 unspecified atom stereocenters. The molecule has 4 rings (SSSR count). The highest BCUT2D eigenvalue weighted by Crippen LogP contribution is 2.39. The van der Waals surface area contributed by atoms with E-state index in [0.29, 0.717) is 24.4 Å². The molecule has 1 N–H and O–H groups in total. The summed E-state index contributed by atoms with van der Waals surface area (Å²) >= 11 is 3.32. The second kappa shape index (κ2) is 10.1. The summed E-state index contributed by atoms with van der Waals surface area (Å²) in [6.45, 7) is 3.12. The molecule has 2 heterocycles. The van der Waals surface area contributed by atoms with Gasteiger partial charge in [-0.3, -0.25) is 9.59 Å². The number of nitrogens with zero attached hydrogens (tertiary/aromatic N) is 1. The Bertz CT molecular complexity index is 1020. The zero-order valence-corrected chi connectivity index (χ0v) is 18.9.